The molecule has 0 saturated carbocycles. The van der Waals surface area contributed by atoms with Crippen molar-refractivity contribution in [3.8, 4) is 0 Å². The molecule has 1 saturated heterocycles. The van der Waals surface area contributed by atoms with Crippen molar-refractivity contribution in [2.45, 2.75) is 25.5 Å². The minimum absolute atomic E-state index is 0.112. The van der Waals surface area contributed by atoms with Crippen LogP contribution >= 0.6 is 11.8 Å². The first-order valence-electron chi connectivity index (χ1n) is 8.39. The molecule has 2 aromatic carbocycles. The molecular weight excluding hydrogens is 346 g/mol. The molecule has 6 heteroatoms. The van der Waals surface area contributed by atoms with Crippen molar-refractivity contribution >= 4 is 40.1 Å². The minimum Gasteiger partial charge on any atom is -0.325 e. The summed E-state index contributed by atoms with van der Waals surface area (Å²) in [6.07, 6.45) is 0.158. The number of aliphatic imine (C=N–C) groups is 1. The minimum atomic E-state index is -0.498. The Morgan fingerprint density at radius 3 is 2.62 bits per heavy atom. The van der Waals surface area contributed by atoms with Crippen LogP contribution in [-0.4, -0.2) is 34.2 Å². The fourth-order valence-corrected chi connectivity index (χ4v) is 3.74. The molecule has 0 aromatic heterocycles. The van der Waals surface area contributed by atoms with Gasteiger partial charge in [-0.25, -0.2) is 4.99 Å². The van der Waals surface area contributed by atoms with Crippen LogP contribution in [0, 0.1) is 13.8 Å². The van der Waals surface area contributed by atoms with Crippen LogP contribution in [0.4, 0.5) is 11.4 Å². The van der Waals surface area contributed by atoms with Crippen molar-refractivity contribution in [1.29, 1.82) is 0 Å². The molecular formula is C20H21N3O2S. The summed E-state index contributed by atoms with van der Waals surface area (Å²) in [7, 11) is 1.69. The lowest BCUT2D eigenvalue weighted by molar-refractivity contribution is -0.128. The predicted molar refractivity (Wildman–Crippen MR) is 107 cm³/mol. The SMILES string of the molecule is Cc1ccc(NC(=O)[C@H]2CC(=O)N(C)C(=Nc3ccccc3)S2)c(C)c1. The van der Waals surface area contributed by atoms with Crippen molar-refractivity contribution in [3.63, 3.8) is 0 Å². The molecule has 1 fully saturated rings. The predicted octanol–water partition coefficient (Wildman–Crippen LogP) is 3.89. The van der Waals surface area contributed by atoms with Crippen LogP contribution in [-0.2, 0) is 9.59 Å². The molecule has 1 aliphatic rings. The van der Waals surface area contributed by atoms with E-state index in [1.54, 1.807) is 7.05 Å². The second kappa shape index (κ2) is 7.74. The number of thioether (sulfide) groups is 1. The molecule has 2 amide bonds. The summed E-state index contributed by atoms with van der Waals surface area (Å²) in [6.45, 7) is 3.97. The Kier molecular flexibility index (Phi) is 5.42. The number of aryl methyl sites for hydroxylation is 2. The van der Waals surface area contributed by atoms with E-state index < -0.39 is 5.25 Å². The summed E-state index contributed by atoms with van der Waals surface area (Å²) in [5, 5.41) is 2.98. The van der Waals surface area contributed by atoms with Crippen molar-refractivity contribution in [3.05, 3.63) is 59.7 Å². The summed E-state index contributed by atoms with van der Waals surface area (Å²) < 4.78 is 0. The monoisotopic (exact) mass is 367 g/mol. The number of amidine groups is 1. The zero-order chi connectivity index (χ0) is 18.7. The van der Waals surface area contributed by atoms with E-state index in [1.165, 1.54) is 16.7 Å². The Hall–Kier alpha value is -2.60. The number of nitrogens with zero attached hydrogens (tertiary/aromatic N) is 2. The van der Waals surface area contributed by atoms with Crippen LogP contribution in [0.5, 0.6) is 0 Å². The van der Waals surface area contributed by atoms with Gasteiger partial charge in [0.25, 0.3) is 0 Å². The number of amides is 2. The Morgan fingerprint density at radius 1 is 1.19 bits per heavy atom. The first-order valence-corrected chi connectivity index (χ1v) is 9.27. The zero-order valence-electron chi connectivity index (χ0n) is 15.0. The highest BCUT2D eigenvalue weighted by Gasteiger charge is 2.34. The van der Waals surface area contributed by atoms with E-state index in [-0.39, 0.29) is 18.2 Å². The molecule has 1 atom stereocenters. The maximum absolute atomic E-state index is 12.7. The maximum Gasteiger partial charge on any atom is 0.238 e. The Morgan fingerprint density at radius 2 is 1.92 bits per heavy atom. The lowest BCUT2D eigenvalue weighted by Crippen LogP contribution is -2.43. The summed E-state index contributed by atoms with van der Waals surface area (Å²) in [6, 6.07) is 15.3. The van der Waals surface area contributed by atoms with Gasteiger partial charge in [0.1, 0.15) is 5.25 Å². The first-order chi connectivity index (χ1) is 12.4. The van der Waals surface area contributed by atoms with Crippen LogP contribution in [0.15, 0.2) is 53.5 Å². The molecule has 2 aromatic rings. The van der Waals surface area contributed by atoms with Gasteiger partial charge in [-0.2, -0.15) is 0 Å². The summed E-state index contributed by atoms with van der Waals surface area (Å²) in [5.74, 6) is -0.289. The van der Waals surface area contributed by atoms with Gasteiger partial charge in [0.15, 0.2) is 5.17 Å². The van der Waals surface area contributed by atoms with Crippen LogP contribution < -0.4 is 5.32 Å². The molecule has 1 heterocycles. The van der Waals surface area contributed by atoms with E-state index >= 15 is 0 Å². The third-order valence-electron chi connectivity index (χ3n) is 4.18. The zero-order valence-corrected chi connectivity index (χ0v) is 15.8. The number of carbonyl (C=O) groups excluding carboxylic acids is 2. The lowest BCUT2D eigenvalue weighted by atomic mass is 10.1. The number of hydrogen-bond donors (Lipinski definition) is 1. The smallest absolute Gasteiger partial charge is 0.238 e. The Bertz CT molecular complexity index is 865. The van der Waals surface area contributed by atoms with Gasteiger partial charge in [-0.3, -0.25) is 14.5 Å². The highest BCUT2D eigenvalue weighted by molar-refractivity contribution is 8.15. The number of benzene rings is 2. The van der Waals surface area contributed by atoms with E-state index in [4.69, 9.17) is 0 Å². The van der Waals surface area contributed by atoms with Gasteiger partial charge in [0.2, 0.25) is 11.8 Å². The van der Waals surface area contributed by atoms with Gasteiger partial charge < -0.3 is 5.32 Å². The Balaban J connectivity index is 1.78. The summed E-state index contributed by atoms with van der Waals surface area (Å²) >= 11 is 1.32. The molecule has 0 unspecified atom stereocenters. The number of hydrogen-bond acceptors (Lipinski definition) is 4. The topological polar surface area (TPSA) is 61.8 Å². The average Bonchev–Trinajstić information content (AvgIpc) is 2.62. The lowest BCUT2D eigenvalue weighted by Gasteiger charge is -2.29. The largest absolute Gasteiger partial charge is 0.325 e. The summed E-state index contributed by atoms with van der Waals surface area (Å²) in [4.78, 5) is 31.1. The molecule has 3 rings (SSSR count). The number of rotatable bonds is 3. The second-order valence-electron chi connectivity index (χ2n) is 6.30. The Labute approximate surface area is 157 Å². The molecule has 0 spiro atoms. The van der Waals surface area contributed by atoms with Crippen molar-refractivity contribution in [2.24, 2.45) is 4.99 Å². The van der Waals surface area contributed by atoms with Gasteiger partial charge >= 0.3 is 0 Å². The highest BCUT2D eigenvalue weighted by atomic mass is 32.2. The van der Waals surface area contributed by atoms with Gasteiger partial charge in [-0.05, 0) is 37.6 Å². The molecule has 1 aliphatic heterocycles. The third-order valence-corrected chi connectivity index (χ3v) is 5.42. The van der Waals surface area contributed by atoms with E-state index in [2.05, 4.69) is 10.3 Å². The molecule has 0 radical (unpaired) electrons. The number of nitrogens with one attached hydrogen (secondary N) is 1. The fraction of sp³-hybridized carbons (Fsp3) is 0.250. The quantitative estimate of drug-likeness (QED) is 0.895. The third kappa shape index (κ3) is 4.14. The second-order valence-corrected chi connectivity index (χ2v) is 7.47. The van der Waals surface area contributed by atoms with Crippen molar-refractivity contribution in [1.82, 2.24) is 4.90 Å². The van der Waals surface area contributed by atoms with Crippen molar-refractivity contribution < 1.29 is 9.59 Å². The standard InChI is InChI=1S/C20H21N3O2S/c1-13-9-10-16(14(2)11-13)22-19(25)17-12-18(24)23(3)20(26-17)21-15-7-5-4-6-8-15/h4-11,17H,12H2,1-3H3,(H,22,25)/t17-/m1/s1. The number of para-hydroxylation sites is 1. The van der Waals surface area contributed by atoms with E-state index in [0.29, 0.717) is 5.17 Å². The van der Waals surface area contributed by atoms with E-state index in [0.717, 1.165) is 22.5 Å². The molecule has 5 nitrogen and oxygen atoms in total. The maximum atomic E-state index is 12.7. The first kappa shape index (κ1) is 18.2. The van der Waals surface area contributed by atoms with Crippen LogP contribution in [0.1, 0.15) is 17.5 Å². The average molecular weight is 367 g/mol. The normalized spacial score (nSPS) is 18.9. The van der Waals surface area contributed by atoms with Crippen LogP contribution in [0.25, 0.3) is 0 Å². The van der Waals surface area contributed by atoms with Crippen LogP contribution in [0.2, 0.25) is 0 Å². The number of anilines is 1. The van der Waals surface area contributed by atoms with Crippen LogP contribution in [0.3, 0.4) is 0 Å². The molecule has 1 N–H and O–H groups in total. The van der Waals surface area contributed by atoms with E-state index in [9.17, 15) is 9.59 Å². The van der Waals surface area contributed by atoms with Gasteiger partial charge in [0.05, 0.1) is 5.69 Å². The number of carbonyl (C=O) groups is 2. The van der Waals surface area contributed by atoms with Gasteiger partial charge in [0, 0.05) is 19.2 Å². The molecule has 26 heavy (non-hydrogen) atoms. The van der Waals surface area contributed by atoms with Gasteiger partial charge in [-0.1, -0.05) is 47.7 Å². The molecule has 0 bridgehead atoms. The highest BCUT2D eigenvalue weighted by Crippen LogP contribution is 2.29. The summed E-state index contributed by atoms with van der Waals surface area (Å²) in [5.41, 5.74) is 3.67. The van der Waals surface area contributed by atoms with Crippen molar-refractivity contribution in [2.75, 3.05) is 12.4 Å². The molecule has 0 aliphatic carbocycles. The van der Waals surface area contributed by atoms with E-state index in [1.807, 2.05) is 62.4 Å². The molecule has 134 valence electrons. The van der Waals surface area contributed by atoms with Gasteiger partial charge in [-0.15, -0.1) is 0 Å². The fourth-order valence-electron chi connectivity index (χ4n) is 2.68.